The lowest BCUT2D eigenvalue weighted by atomic mass is 10.1. The van der Waals surface area contributed by atoms with Crippen molar-refractivity contribution in [3.05, 3.63) is 34.9 Å². The summed E-state index contributed by atoms with van der Waals surface area (Å²) in [6, 6.07) is 8.03. The van der Waals surface area contributed by atoms with Crippen LogP contribution in [0.1, 0.15) is 13.3 Å². The number of nitrogens with one attached hydrogen (secondary N) is 1. The summed E-state index contributed by atoms with van der Waals surface area (Å²) in [5.41, 5.74) is 0. The van der Waals surface area contributed by atoms with Crippen molar-refractivity contribution in [2.45, 2.75) is 19.4 Å². The minimum absolute atomic E-state index is 0.288. The van der Waals surface area contributed by atoms with Crippen LogP contribution >= 0.6 is 15.9 Å². The quantitative estimate of drug-likeness (QED) is 0.910. The highest BCUT2D eigenvalue weighted by Crippen LogP contribution is 2.27. The number of hydrogen-bond acceptors (Lipinski definition) is 3. The van der Waals surface area contributed by atoms with Crippen LogP contribution in [0.25, 0.3) is 10.8 Å². The van der Waals surface area contributed by atoms with Gasteiger partial charge in [0.05, 0.1) is 6.10 Å². The Labute approximate surface area is 109 Å². The van der Waals surface area contributed by atoms with Crippen LogP contribution in [0.15, 0.2) is 34.9 Å². The second kappa shape index (κ2) is 5.47. The largest absolute Gasteiger partial charge is 0.393 e. The van der Waals surface area contributed by atoms with Gasteiger partial charge in [0.25, 0.3) is 0 Å². The van der Waals surface area contributed by atoms with Crippen molar-refractivity contribution in [1.29, 1.82) is 0 Å². The zero-order chi connectivity index (χ0) is 12.3. The molecule has 0 saturated heterocycles. The number of hydrogen-bond donors (Lipinski definition) is 2. The Morgan fingerprint density at radius 3 is 2.94 bits per heavy atom. The van der Waals surface area contributed by atoms with Gasteiger partial charge in [0, 0.05) is 28.0 Å². The first-order valence-corrected chi connectivity index (χ1v) is 6.43. The third-order valence-electron chi connectivity index (χ3n) is 2.61. The van der Waals surface area contributed by atoms with E-state index in [2.05, 4.69) is 26.2 Å². The Hall–Kier alpha value is -1.13. The van der Waals surface area contributed by atoms with Gasteiger partial charge in [-0.1, -0.05) is 28.1 Å². The Bertz CT molecular complexity index is 514. The maximum atomic E-state index is 9.22. The Morgan fingerprint density at radius 2 is 2.18 bits per heavy atom. The number of aliphatic hydroxyl groups excluding tert-OH is 1. The van der Waals surface area contributed by atoms with E-state index >= 15 is 0 Å². The number of nitrogens with zero attached hydrogens (tertiary/aromatic N) is 1. The van der Waals surface area contributed by atoms with Crippen molar-refractivity contribution in [2.24, 2.45) is 0 Å². The molecular formula is C13H15BrN2O. The standard InChI is InChI=1S/C13H15BrN2O/c1-9(17)5-7-15-13-11-3-2-4-12(14)10(11)6-8-16-13/h2-4,6,8-9,17H,5,7H2,1H3,(H,15,16). The molecule has 0 aliphatic carbocycles. The van der Waals surface area contributed by atoms with Crippen LogP contribution in [0.5, 0.6) is 0 Å². The molecule has 0 amide bonds. The molecule has 0 bridgehead atoms. The van der Waals surface area contributed by atoms with Crippen LogP contribution in [0, 0.1) is 0 Å². The topological polar surface area (TPSA) is 45.1 Å². The molecule has 1 heterocycles. The van der Waals surface area contributed by atoms with Crippen LogP contribution in [0.4, 0.5) is 5.82 Å². The molecule has 0 radical (unpaired) electrons. The predicted octanol–water partition coefficient (Wildman–Crippen LogP) is 3.18. The van der Waals surface area contributed by atoms with Crippen molar-refractivity contribution >= 4 is 32.5 Å². The molecule has 0 spiro atoms. The van der Waals surface area contributed by atoms with E-state index in [1.807, 2.05) is 24.3 Å². The van der Waals surface area contributed by atoms with E-state index in [-0.39, 0.29) is 6.10 Å². The smallest absolute Gasteiger partial charge is 0.133 e. The Morgan fingerprint density at radius 1 is 1.35 bits per heavy atom. The summed E-state index contributed by atoms with van der Waals surface area (Å²) in [5, 5.41) is 14.7. The van der Waals surface area contributed by atoms with Gasteiger partial charge in [0.2, 0.25) is 0 Å². The van der Waals surface area contributed by atoms with Gasteiger partial charge >= 0.3 is 0 Å². The first kappa shape index (κ1) is 12.3. The average molecular weight is 295 g/mol. The molecule has 2 rings (SSSR count). The summed E-state index contributed by atoms with van der Waals surface area (Å²) in [6.07, 6.45) is 2.22. The summed E-state index contributed by atoms with van der Waals surface area (Å²) < 4.78 is 1.07. The molecule has 0 aliphatic rings. The minimum Gasteiger partial charge on any atom is -0.393 e. The lowest BCUT2D eigenvalue weighted by molar-refractivity contribution is 0.188. The first-order chi connectivity index (χ1) is 8.18. The molecule has 2 N–H and O–H groups in total. The van der Waals surface area contributed by atoms with Gasteiger partial charge < -0.3 is 10.4 Å². The maximum absolute atomic E-state index is 9.22. The predicted molar refractivity (Wildman–Crippen MR) is 74.2 cm³/mol. The fraction of sp³-hybridized carbons (Fsp3) is 0.308. The van der Waals surface area contributed by atoms with Gasteiger partial charge in [-0.25, -0.2) is 4.98 Å². The second-order valence-electron chi connectivity index (χ2n) is 4.06. The molecule has 90 valence electrons. The molecule has 0 saturated carbocycles. The van der Waals surface area contributed by atoms with Crippen LogP contribution in [-0.2, 0) is 0 Å². The molecule has 3 nitrogen and oxygen atoms in total. The number of aliphatic hydroxyl groups is 1. The van der Waals surface area contributed by atoms with E-state index in [4.69, 9.17) is 0 Å². The average Bonchev–Trinajstić information content (AvgIpc) is 2.30. The van der Waals surface area contributed by atoms with Crippen molar-refractivity contribution < 1.29 is 5.11 Å². The highest BCUT2D eigenvalue weighted by Gasteiger charge is 2.04. The minimum atomic E-state index is -0.288. The number of benzene rings is 1. The van der Waals surface area contributed by atoms with E-state index in [9.17, 15) is 5.11 Å². The van der Waals surface area contributed by atoms with Crippen LogP contribution in [-0.4, -0.2) is 22.7 Å². The highest BCUT2D eigenvalue weighted by atomic mass is 79.9. The number of halogens is 1. The van der Waals surface area contributed by atoms with Gasteiger partial charge in [-0.05, 0) is 25.5 Å². The number of fused-ring (bicyclic) bond motifs is 1. The normalized spacial score (nSPS) is 12.6. The Balaban J connectivity index is 2.25. The zero-order valence-electron chi connectivity index (χ0n) is 9.65. The third kappa shape index (κ3) is 2.96. The van der Waals surface area contributed by atoms with E-state index in [1.165, 1.54) is 0 Å². The van der Waals surface area contributed by atoms with Gasteiger partial charge in [0.1, 0.15) is 5.82 Å². The van der Waals surface area contributed by atoms with Gasteiger partial charge in [-0.15, -0.1) is 0 Å². The maximum Gasteiger partial charge on any atom is 0.133 e. The van der Waals surface area contributed by atoms with Crippen LogP contribution in [0.2, 0.25) is 0 Å². The molecule has 0 fully saturated rings. The molecule has 17 heavy (non-hydrogen) atoms. The molecule has 2 aromatic rings. The van der Waals surface area contributed by atoms with Gasteiger partial charge in [-0.2, -0.15) is 0 Å². The molecular weight excluding hydrogens is 280 g/mol. The van der Waals surface area contributed by atoms with E-state index in [1.54, 1.807) is 13.1 Å². The van der Waals surface area contributed by atoms with Crippen molar-refractivity contribution in [2.75, 3.05) is 11.9 Å². The summed E-state index contributed by atoms with van der Waals surface area (Å²) in [7, 11) is 0. The Kier molecular flexibility index (Phi) is 3.97. The van der Waals surface area contributed by atoms with Crippen molar-refractivity contribution in [3.8, 4) is 0 Å². The lowest BCUT2D eigenvalue weighted by Crippen LogP contribution is -2.10. The number of anilines is 1. The van der Waals surface area contributed by atoms with E-state index < -0.39 is 0 Å². The summed E-state index contributed by atoms with van der Waals surface area (Å²) in [4.78, 5) is 4.33. The summed E-state index contributed by atoms with van der Waals surface area (Å²) in [6.45, 7) is 2.51. The molecule has 0 aliphatic heterocycles. The van der Waals surface area contributed by atoms with Crippen molar-refractivity contribution in [3.63, 3.8) is 0 Å². The second-order valence-corrected chi connectivity index (χ2v) is 4.91. The first-order valence-electron chi connectivity index (χ1n) is 5.63. The lowest BCUT2D eigenvalue weighted by Gasteiger charge is -2.10. The number of aromatic nitrogens is 1. The number of rotatable bonds is 4. The van der Waals surface area contributed by atoms with Gasteiger partial charge in [-0.3, -0.25) is 0 Å². The van der Waals surface area contributed by atoms with Crippen LogP contribution < -0.4 is 5.32 Å². The SMILES string of the molecule is CC(O)CCNc1nccc2c(Br)cccc12. The molecule has 1 aromatic heterocycles. The number of pyridine rings is 1. The van der Waals surface area contributed by atoms with Crippen molar-refractivity contribution in [1.82, 2.24) is 4.98 Å². The molecule has 1 atom stereocenters. The molecule has 1 aromatic carbocycles. The fourth-order valence-electron chi connectivity index (χ4n) is 1.71. The van der Waals surface area contributed by atoms with E-state index in [0.717, 1.165) is 27.6 Å². The molecule has 4 heteroatoms. The van der Waals surface area contributed by atoms with E-state index in [0.29, 0.717) is 6.42 Å². The van der Waals surface area contributed by atoms with Crippen LogP contribution in [0.3, 0.4) is 0 Å². The monoisotopic (exact) mass is 294 g/mol. The summed E-state index contributed by atoms with van der Waals surface area (Å²) in [5.74, 6) is 0.865. The summed E-state index contributed by atoms with van der Waals surface area (Å²) >= 11 is 3.53. The molecule has 1 unspecified atom stereocenters. The fourth-order valence-corrected chi connectivity index (χ4v) is 2.21. The zero-order valence-corrected chi connectivity index (χ0v) is 11.2. The van der Waals surface area contributed by atoms with Gasteiger partial charge in [0.15, 0.2) is 0 Å². The third-order valence-corrected chi connectivity index (χ3v) is 3.30. The highest BCUT2D eigenvalue weighted by molar-refractivity contribution is 9.10.